The predicted octanol–water partition coefficient (Wildman–Crippen LogP) is 2.40. The fourth-order valence-electron chi connectivity index (χ4n) is 1.35. The lowest BCUT2D eigenvalue weighted by Crippen LogP contribution is -2.14. The quantitative estimate of drug-likeness (QED) is 0.744. The summed E-state index contributed by atoms with van der Waals surface area (Å²) in [4.78, 5) is 21.8. The zero-order valence-electron chi connectivity index (χ0n) is 10.3. The third-order valence-electron chi connectivity index (χ3n) is 2.34. The van der Waals surface area contributed by atoms with Gasteiger partial charge in [0.1, 0.15) is 0 Å². The van der Waals surface area contributed by atoms with Crippen LogP contribution in [-0.2, 0) is 16.0 Å². The fourth-order valence-corrected chi connectivity index (χ4v) is 2.07. The highest BCUT2D eigenvalue weighted by Gasteiger charge is 2.03. The van der Waals surface area contributed by atoms with E-state index in [1.165, 1.54) is 17.3 Å². The summed E-state index contributed by atoms with van der Waals surface area (Å²) in [6, 6.07) is 7.71. The first kappa shape index (κ1) is 14.6. The van der Waals surface area contributed by atoms with Crippen LogP contribution in [0, 0.1) is 0 Å². The number of aliphatic carboxylic acids is 1. The number of amides is 1. The Balaban J connectivity index is 2.28. The van der Waals surface area contributed by atoms with Crippen molar-refractivity contribution in [2.75, 3.05) is 16.8 Å². The Morgan fingerprint density at radius 1 is 1.28 bits per heavy atom. The Kier molecular flexibility index (Phi) is 6.28. The summed E-state index contributed by atoms with van der Waals surface area (Å²) in [6.45, 7) is 2.08. The molecule has 0 spiro atoms. The van der Waals surface area contributed by atoms with Crippen molar-refractivity contribution in [3.05, 3.63) is 29.8 Å². The Bertz CT molecular complexity index is 403. The normalized spacial score (nSPS) is 10.1. The zero-order chi connectivity index (χ0) is 13.4. The van der Waals surface area contributed by atoms with E-state index in [1.807, 2.05) is 24.3 Å². The summed E-state index contributed by atoms with van der Waals surface area (Å²) in [6.07, 6.45) is 1.06. The number of aryl methyl sites for hydroxylation is 1. The molecule has 0 atom stereocenters. The van der Waals surface area contributed by atoms with Crippen molar-refractivity contribution < 1.29 is 14.7 Å². The predicted molar refractivity (Wildman–Crippen MR) is 74.0 cm³/mol. The molecule has 2 N–H and O–H groups in total. The molecule has 0 aliphatic heterocycles. The molecule has 0 heterocycles. The van der Waals surface area contributed by atoms with Gasteiger partial charge in [-0.2, -0.15) is 11.8 Å². The van der Waals surface area contributed by atoms with Crippen LogP contribution in [0.3, 0.4) is 0 Å². The van der Waals surface area contributed by atoms with Gasteiger partial charge in [0.25, 0.3) is 0 Å². The second-order valence-corrected chi connectivity index (χ2v) is 4.90. The van der Waals surface area contributed by atoms with Crippen LogP contribution < -0.4 is 5.32 Å². The molecule has 5 heteroatoms. The van der Waals surface area contributed by atoms with Gasteiger partial charge in [0.2, 0.25) is 5.91 Å². The van der Waals surface area contributed by atoms with E-state index in [4.69, 9.17) is 5.11 Å². The molecule has 0 aliphatic carbocycles. The Labute approximate surface area is 111 Å². The van der Waals surface area contributed by atoms with Crippen molar-refractivity contribution in [2.24, 2.45) is 0 Å². The van der Waals surface area contributed by atoms with Crippen molar-refractivity contribution in [3.8, 4) is 0 Å². The first-order valence-electron chi connectivity index (χ1n) is 5.80. The van der Waals surface area contributed by atoms with Gasteiger partial charge in [0, 0.05) is 11.4 Å². The van der Waals surface area contributed by atoms with Crippen molar-refractivity contribution in [2.45, 2.75) is 19.8 Å². The Hall–Kier alpha value is -1.49. The van der Waals surface area contributed by atoms with Crippen LogP contribution in [0.1, 0.15) is 18.9 Å². The molecule has 0 aromatic heterocycles. The SMILES string of the molecule is CCc1ccc(NC(=O)CSCCC(=O)O)cc1. The maximum Gasteiger partial charge on any atom is 0.304 e. The maximum absolute atomic E-state index is 11.5. The number of nitrogens with one attached hydrogen (secondary N) is 1. The molecule has 0 unspecified atom stereocenters. The van der Waals surface area contributed by atoms with Gasteiger partial charge >= 0.3 is 5.97 Å². The lowest BCUT2D eigenvalue weighted by Gasteiger charge is -2.05. The van der Waals surface area contributed by atoms with Crippen molar-refractivity contribution >= 4 is 29.3 Å². The third kappa shape index (κ3) is 5.72. The van der Waals surface area contributed by atoms with Crippen LogP contribution in [0.15, 0.2) is 24.3 Å². The molecule has 98 valence electrons. The van der Waals surface area contributed by atoms with Crippen LogP contribution in [0.25, 0.3) is 0 Å². The first-order chi connectivity index (χ1) is 8.61. The molecule has 0 bridgehead atoms. The topological polar surface area (TPSA) is 66.4 Å². The van der Waals surface area contributed by atoms with E-state index in [0.29, 0.717) is 5.75 Å². The van der Waals surface area contributed by atoms with Crippen LogP contribution >= 0.6 is 11.8 Å². The van der Waals surface area contributed by atoms with Gasteiger partial charge in [-0.25, -0.2) is 0 Å². The summed E-state index contributed by atoms with van der Waals surface area (Å²) in [5, 5.41) is 11.2. The molecule has 1 aromatic carbocycles. The van der Waals surface area contributed by atoms with E-state index >= 15 is 0 Å². The number of carbonyl (C=O) groups excluding carboxylic acids is 1. The van der Waals surface area contributed by atoms with E-state index in [1.54, 1.807) is 0 Å². The number of thioether (sulfide) groups is 1. The summed E-state index contributed by atoms with van der Waals surface area (Å²) in [5.41, 5.74) is 2.00. The molecule has 0 saturated heterocycles. The van der Waals surface area contributed by atoms with E-state index in [2.05, 4.69) is 12.2 Å². The molecule has 1 aromatic rings. The highest BCUT2D eigenvalue weighted by atomic mass is 32.2. The molecule has 1 amide bonds. The molecule has 4 nitrogen and oxygen atoms in total. The average molecular weight is 267 g/mol. The fraction of sp³-hybridized carbons (Fsp3) is 0.385. The number of benzene rings is 1. The van der Waals surface area contributed by atoms with Crippen LogP contribution in [0.4, 0.5) is 5.69 Å². The molecule has 0 aliphatic rings. The van der Waals surface area contributed by atoms with Gasteiger partial charge in [-0.15, -0.1) is 0 Å². The monoisotopic (exact) mass is 267 g/mol. The van der Waals surface area contributed by atoms with Gasteiger partial charge in [-0.05, 0) is 24.1 Å². The molecule has 18 heavy (non-hydrogen) atoms. The highest BCUT2D eigenvalue weighted by molar-refractivity contribution is 7.99. The van der Waals surface area contributed by atoms with Gasteiger partial charge in [0.05, 0.1) is 12.2 Å². The van der Waals surface area contributed by atoms with E-state index < -0.39 is 5.97 Å². The molecule has 0 saturated carbocycles. The maximum atomic E-state index is 11.5. The number of carboxylic acids is 1. The number of anilines is 1. The Morgan fingerprint density at radius 3 is 2.50 bits per heavy atom. The van der Waals surface area contributed by atoms with Gasteiger partial charge < -0.3 is 10.4 Å². The number of carboxylic acid groups (broad SMARTS) is 1. The first-order valence-corrected chi connectivity index (χ1v) is 6.95. The molecule has 0 radical (unpaired) electrons. The smallest absolute Gasteiger partial charge is 0.304 e. The minimum Gasteiger partial charge on any atom is -0.481 e. The molecular formula is C13H17NO3S. The lowest BCUT2D eigenvalue weighted by molar-refractivity contribution is -0.136. The minimum atomic E-state index is -0.835. The summed E-state index contributed by atoms with van der Waals surface area (Å²) < 4.78 is 0. The number of hydrogen-bond acceptors (Lipinski definition) is 3. The van der Waals surface area contributed by atoms with E-state index in [0.717, 1.165) is 12.1 Å². The Morgan fingerprint density at radius 2 is 1.94 bits per heavy atom. The molecule has 1 rings (SSSR count). The number of hydrogen-bond donors (Lipinski definition) is 2. The average Bonchev–Trinajstić information content (AvgIpc) is 2.35. The summed E-state index contributed by atoms with van der Waals surface area (Å²) in [5.74, 6) is -0.201. The second-order valence-electron chi connectivity index (χ2n) is 3.79. The lowest BCUT2D eigenvalue weighted by atomic mass is 10.1. The van der Waals surface area contributed by atoms with Gasteiger partial charge in [-0.3, -0.25) is 9.59 Å². The highest BCUT2D eigenvalue weighted by Crippen LogP contribution is 2.11. The van der Waals surface area contributed by atoms with Crippen LogP contribution in [-0.4, -0.2) is 28.5 Å². The minimum absolute atomic E-state index is 0.0865. The second kappa shape index (κ2) is 7.76. The van der Waals surface area contributed by atoms with Gasteiger partial charge in [0.15, 0.2) is 0 Å². The van der Waals surface area contributed by atoms with Crippen LogP contribution in [0.5, 0.6) is 0 Å². The van der Waals surface area contributed by atoms with E-state index in [9.17, 15) is 9.59 Å². The molecular weight excluding hydrogens is 250 g/mol. The van der Waals surface area contributed by atoms with Crippen LogP contribution in [0.2, 0.25) is 0 Å². The van der Waals surface area contributed by atoms with Crippen molar-refractivity contribution in [3.63, 3.8) is 0 Å². The van der Waals surface area contributed by atoms with Crippen molar-refractivity contribution in [1.82, 2.24) is 0 Å². The zero-order valence-corrected chi connectivity index (χ0v) is 11.1. The number of rotatable bonds is 7. The van der Waals surface area contributed by atoms with Gasteiger partial charge in [-0.1, -0.05) is 19.1 Å². The number of carbonyl (C=O) groups is 2. The third-order valence-corrected chi connectivity index (χ3v) is 3.30. The van der Waals surface area contributed by atoms with E-state index in [-0.39, 0.29) is 18.1 Å². The standard InChI is InChI=1S/C13H17NO3S/c1-2-10-3-5-11(6-4-10)14-12(15)9-18-8-7-13(16)17/h3-6H,2,7-9H2,1H3,(H,14,15)(H,16,17). The van der Waals surface area contributed by atoms with Crippen molar-refractivity contribution in [1.29, 1.82) is 0 Å². The summed E-state index contributed by atoms with van der Waals surface area (Å²) in [7, 11) is 0. The largest absolute Gasteiger partial charge is 0.481 e. The summed E-state index contributed by atoms with van der Waals surface area (Å²) >= 11 is 1.32. The molecule has 0 fully saturated rings.